The van der Waals surface area contributed by atoms with Crippen molar-refractivity contribution in [1.82, 2.24) is 5.32 Å². The van der Waals surface area contributed by atoms with Gasteiger partial charge in [0.1, 0.15) is 0 Å². The largest absolute Gasteiger partial charge is 0.367 e. The minimum Gasteiger partial charge on any atom is -0.367 e. The number of hydrogen-bond acceptors (Lipinski definition) is 2. The summed E-state index contributed by atoms with van der Waals surface area (Å²) < 4.78 is 0. The summed E-state index contributed by atoms with van der Waals surface area (Å²) in [5.41, 5.74) is 7.39. The zero-order valence-corrected chi connectivity index (χ0v) is 12.4. The lowest BCUT2D eigenvalue weighted by Crippen LogP contribution is -2.29. The van der Waals surface area contributed by atoms with Crippen LogP contribution in [0.5, 0.6) is 0 Å². The molecule has 0 fully saturated rings. The molecule has 0 saturated heterocycles. The quantitative estimate of drug-likeness (QED) is 0.907. The van der Waals surface area contributed by atoms with Gasteiger partial charge in [0.25, 0.3) is 0 Å². The molecule has 2 heteroatoms. The average Bonchev–Trinajstić information content (AvgIpc) is 2.55. The van der Waals surface area contributed by atoms with Gasteiger partial charge in [-0.05, 0) is 54.1 Å². The van der Waals surface area contributed by atoms with Gasteiger partial charge in [-0.1, -0.05) is 36.4 Å². The molecule has 0 saturated carbocycles. The third kappa shape index (κ3) is 2.56. The second kappa shape index (κ2) is 5.53. The highest BCUT2D eigenvalue weighted by molar-refractivity contribution is 5.55. The molecule has 0 aromatic heterocycles. The molecule has 2 aliphatic heterocycles. The molecular weight excluding hydrogens is 256 g/mol. The van der Waals surface area contributed by atoms with E-state index >= 15 is 0 Å². The van der Waals surface area contributed by atoms with Crippen LogP contribution >= 0.6 is 0 Å². The fourth-order valence-corrected chi connectivity index (χ4v) is 3.63. The molecule has 2 aliphatic rings. The van der Waals surface area contributed by atoms with Crippen LogP contribution in [0.4, 0.5) is 5.69 Å². The summed E-state index contributed by atoms with van der Waals surface area (Å²) >= 11 is 0. The van der Waals surface area contributed by atoms with E-state index in [0.29, 0.717) is 0 Å². The fraction of sp³-hybridized carbons (Fsp3) is 0.368. The van der Waals surface area contributed by atoms with E-state index in [4.69, 9.17) is 0 Å². The number of fused-ring (bicyclic) bond motifs is 2. The summed E-state index contributed by atoms with van der Waals surface area (Å²) in [6.45, 7) is 4.35. The standard InChI is InChI=1S/C19H22N2/c1-2-6-19-17(4-1)5-3-11-21(19)14-15-7-8-16-9-10-20-13-18(16)12-15/h1-2,4,6-8,12,20H,3,5,9-11,13-14H2. The van der Waals surface area contributed by atoms with Gasteiger partial charge in [-0.2, -0.15) is 0 Å². The van der Waals surface area contributed by atoms with Crippen LogP contribution in [0.25, 0.3) is 0 Å². The molecule has 0 bridgehead atoms. The SMILES string of the molecule is c1ccc2c(c1)CCCN2Cc1ccc2c(c1)CNCC2. The zero-order chi connectivity index (χ0) is 14.1. The van der Waals surface area contributed by atoms with Crippen molar-refractivity contribution in [3.8, 4) is 0 Å². The van der Waals surface area contributed by atoms with Crippen LogP contribution in [0.15, 0.2) is 42.5 Å². The van der Waals surface area contributed by atoms with Gasteiger partial charge in [-0.25, -0.2) is 0 Å². The minimum atomic E-state index is 1.03. The van der Waals surface area contributed by atoms with E-state index < -0.39 is 0 Å². The average molecular weight is 278 g/mol. The van der Waals surface area contributed by atoms with Gasteiger partial charge in [-0.3, -0.25) is 0 Å². The Labute approximate surface area is 126 Å². The Bertz CT molecular complexity index is 648. The molecule has 0 aliphatic carbocycles. The maximum atomic E-state index is 3.47. The summed E-state index contributed by atoms with van der Waals surface area (Å²) in [6.07, 6.45) is 3.66. The molecule has 2 nitrogen and oxygen atoms in total. The monoisotopic (exact) mass is 278 g/mol. The Balaban J connectivity index is 1.59. The molecule has 0 radical (unpaired) electrons. The van der Waals surface area contributed by atoms with E-state index in [1.54, 1.807) is 0 Å². The number of benzene rings is 2. The van der Waals surface area contributed by atoms with Crippen molar-refractivity contribution in [2.45, 2.75) is 32.4 Å². The van der Waals surface area contributed by atoms with Gasteiger partial charge in [-0.15, -0.1) is 0 Å². The Morgan fingerprint density at radius 2 is 1.90 bits per heavy atom. The number of anilines is 1. The van der Waals surface area contributed by atoms with Crippen molar-refractivity contribution in [1.29, 1.82) is 0 Å². The smallest absolute Gasteiger partial charge is 0.0429 e. The molecule has 2 aromatic rings. The Kier molecular flexibility index (Phi) is 3.40. The van der Waals surface area contributed by atoms with Gasteiger partial charge in [0.15, 0.2) is 0 Å². The van der Waals surface area contributed by atoms with E-state index in [-0.39, 0.29) is 0 Å². The van der Waals surface area contributed by atoms with Crippen LogP contribution in [0.1, 0.15) is 28.7 Å². The maximum Gasteiger partial charge on any atom is 0.0429 e. The molecular formula is C19H22N2. The lowest BCUT2D eigenvalue weighted by Gasteiger charge is -2.31. The van der Waals surface area contributed by atoms with Gasteiger partial charge in [0, 0.05) is 25.3 Å². The predicted molar refractivity (Wildman–Crippen MR) is 87.7 cm³/mol. The number of rotatable bonds is 2. The second-order valence-corrected chi connectivity index (χ2v) is 6.18. The molecule has 2 heterocycles. The first-order valence-corrected chi connectivity index (χ1v) is 8.04. The number of aryl methyl sites for hydroxylation is 1. The van der Waals surface area contributed by atoms with Gasteiger partial charge in [0.05, 0.1) is 0 Å². The Hall–Kier alpha value is -1.80. The third-order valence-electron chi connectivity index (χ3n) is 4.74. The lowest BCUT2D eigenvalue weighted by atomic mass is 9.97. The fourth-order valence-electron chi connectivity index (χ4n) is 3.63. The summed E-state index contributed by atoms with van der Waals surface area (Å²) in [6, 6.07) is 15.9. The van der Waals surface area contributed by atoms with Gasteiger partial charge in [0.2, 0.25) is 0 Å². The predicted octanol–water partition coefficient (Wildman–Crippen LogP) is 3.29. The first-order valence-electron chi connectivity index (χ1n) is 8.04. The first kappa shape index (κ1) is 12.9. The molecule has 0 amide bonds. The third-order valence-corrected chi connectivity index (χ3v) is 4.74. The lowest BCUT2D eigenvalue weighted by molar-refractivity contribution is 0.641. The highest BCUT2D eigenvalue weighted by Gasteiger charge is 2.17. The zero-order valence-electron chi connectivity index (χ0n) is 12.4. The van der Waals surface area contributed by atoms with Crippen molar-refractivity contribution >= 4 is 5.69 Å². The molecule has 2 aromatic carbocycles. The van der Waals surface area contributed by atoms with Crippen LogP contribution in [0, 0.1) is 0 Å². The molecule has 0 unspecified atom stereocenters. The molecule has 0 spiro atoms. The summed E-state index contributed by atoms with van der Waals surface area (Å²) in [5, 5.41) is 3.47. The molecule has 108 valence electrons. The molecule has 4 rings (SSSR count). The Morgan fingerprint density at radius 3 is 2.90 bits per heavy atom. The number of para-hydroxylation sites is 1. The Morgan fingerprint density at radius 1 is 0.952 bits per heavy atom. The van der Waals surface area contributed by atoms with Crippen LogP contribution in [-0.2, 0) is 25.9 Å². The summed E-state index contributed by atoms with van der Waals surface area (Å²) in [7, 11) is 0. The van der Waals surface area contributed by atoms with Gasteiger partial charge >= 0.3 is 0 Å². The highest BCUT2D eigenvalue weighted by Crippen LogP contribution is 2.28. The number of hydrogen-bond donors (Lipinski definition) is 1. The minimum absolute atomic E-state index is 1.03. The van der Waals surface area contributed by atoms with Crippen molar-refractivity contribution in [2.75, 3.05) is 18.0 Å². The van der Waals surface area contributed by atoms with E-state index in [1.807, 2.05) is 0 Å². The molecule has 1 N–H and O–H groups in total. The van der Waals surface area contributed by atoms with Crippen molar-refractivity contribution in [3.63, 3.8) is 0 Å². The molecule has 21 heavy (non-hydrogen) atoms. The van der Waals surface area contributed by atoms with Crippen LogP contribution in [-0.4, -0.2) is 13.1 Å². The normalized spacial score (nSPS) is 17.2. The van der Waals surface area contributed by atoms with Crippen LogP contribution < -0.4 is 10.2 Å². The van der Waals surface area contributed by atoms with Gasteiger partial charge < -0.3 is 10.2 Å². The van der Waals surface area contributed by atoms with E-state index in [9.17, 15) is 0 Å². The number of nitrogens with one attached hydrogen (secondary N) is 1. The highest BCUT2D eigenvalue weighted by atomic mass is 15.1. The summed E-state index contributed by atoms with van der Waals surface area (Å²) in [5.74, 6) is 0. The molecule has 0 atom stereocenters. The van der Waals surface area contributed by atoms with E-state index in [1.165, 1.54) is 53.7 Å². The first-order chi connectivity index (χ1) is 10.4. The van der Waals surface area contributed by atoms with Crippen molar-refractivity contribution in [3.05, 3.63) is 64.7 Å². The summed E-state index contributed by atoms with van der Waals surface area (Å²) in [4.78, 5) is 2.54. The topological polar surface area (TPSA) is 15.3 Å². The van der Waals surface area contributed by atoms with E-state index in [0.717, 1.165) is 19.6 Å². The maximum absolute atomic E-state index is 3.47. The van der Waals surface area contributed by atoms with Crippen LogP contribution in [0.3, 0.4) is 0 Å². The van der Waals surface area contributed by atoms with Crippen molar-refractivity contribution in [2.24, 2.45) is 0 Å². The van der Waals surface area contributed by atoms with E-state index in [2.05, 4.69) is 52.7 Å². The van der Waals surface area contributed by atoms with Crippen molar-refractivity contribution < 1.29 is 0 Å². The second-order valence-electron chi connectivity index (χ2n) is 6.18. The van der Waals surface area contributed by atoms with Crippen LogP contribution in [0.2, 0.25) is 0 Å². The number of nitrogens with zero attached hydrogens (tertiary/aromatic N) is 1.